The maximum atomic E-state index is 12.8. The van der Waals surface area contributed by atoms with E-state index >= 15 is 0 Å². The Morgan fingerprint density at radius 2 is 1.22 bits per heavy atom. The first kappa shape index (κ1) is 41.9. The maximum Gasteiger partial charge on any atom is 0.340 e. The summed E-state index contributed by atoms with van der Waals surface area (Å²) >= 11 is 0. The van der Waals surface area contributed by atoms with E-state index in [0.29, 0.717) is 78.7 Å². The lowest BCUT2D eigenvalue weighted by Crippen LogP contribution is -2.33. The molecule has 60 heavy (non-hydrogen) atoms. The van der Waals surface area contributed by atoms with Crippen molar-refractivity contribution < 1.29 is 52.8 Å². The van der Waals surface area contributed by atoms with Crippen LogP contribution in [0.1, 0.15) is 78.9 Å². The second kappa shape index (κ2) is 17.4. The second-order valence-corrected chi connectivity index (χ2v) is 12.9. The van der Waals surface area contributed by atoms with E-state index < -0.39 is 29.5 Å². The molecule has 0 radical (unpaired) electrons. The molecular weight excluding hydrogens is 769 g/mol. The van der Waals surface area contributed by atoms with Crippen molar-refractivity contribution >= 4 is 34.8 Å². The van der Waals surface area contributed by atoms with Gasteiger partial charge in [-0.1, -0.05) is 76.2 Å². The summed E-state index contributed by atoms with van der Waals surface area (Å²) in [6, 6.07) is 32.2. The molecule has 12 heteroatoms. The Kier molecular flexibility index (Phi) is 12.2. The number of benzene rings is 6. The number of carboxylic acid groups (broad SMARTS) is 1. The third-order valence-electron chi connectivity index (χ3n) is 9.27. The van der Waals surface area contributed by atoms with Crippen LogP contribution in [-0.4, -0.2) is 29.0 Å². The van der Waals surface area contributed by atoms with Crippen molar-refractivity contribution in [1.29, 1.82) is 0 Å². The maximum absolute atomic E-state index is 12.8. The summed E-state index contributed by atoms with van der Waals surface area (Å²) in [5.41, 5.74) is 3.00. The molecule has 1 spiro atoms. The molecule has 5 aromatic rings. The van der Waals surface area contributed by atoms with Crippen LogP contribution in [-0.2, 0) is 19.9 Å². The van der Waals surface area contributed by atoms with Crippen molar-refractivity contribution in [2.75, 3.05) is 0 Å². The number of hydrogen-bond acceptors (Lipinski definition) is 11. The minimum Gasteiger partial charge on any atom is -0.872 e. The number of fused-ring (bicyclic) bond motifs is 8. The van der Waals surface area contributed by atoms with Gasteiger partial charge in [-0.2, -0.15) is 0 Å². The van der Waals surface area contributed by atoms with Crippen molar-refractivity contribution in [3.05, 3.63) is 159 Å². The van der Waals surface area contributed by atoms with E-state index in [2.05, 4.69) is 0 Å². The Balaban J connectivity index is 0.000000190. The standard InChI is InChI=1S/C24H16O7.C20H12O5.2C2H6/c1-13(25)28-15-7-9-19-21(11-15)30-22-12-16(29-14(2)26)8-10-20(22)24(19)18-6-4-3-5-17(18)23(27)31-24;21-11-5-7-15-17(9-11)25-18-10-12(22)6-8-16(18)19(15)13-3-1-2-4-14(13)20(23)24;2*1-2/h3-12H,1-2H3;1-10,21H,(H,23,24);2*1-2H3/p-1. The van der Waals surface area contributed by atoms with Gasteiger partial charge < -0.3 is 33.6 Å². The second-order valence-electron chi connectivity index (χ2n) is 12.9. The molecule has 0 saturated heterocycles. The number of aromatic carboxylic acids is 1. The molecule has 1 aliphatic carbocycles. The Morgan fingerprint density at radius 3 is 1.82 bits per heavy atom. The molecule has 0 saturated carbocycles. The molecule has 304 valence electrons. The fraction of sp³-hybridized carbons (Fsp3) is 0.146. The molecule has 0 aromatic heterocycles. The van der Waals surface area contributed by atoms with Crippen molar-refractivity contribution in [3.63, 3.8) is 0 Å². The highest BCUT2D eigenvalue weighted by atomic mass is 16.6. The molecule has 9 rings (SSSR count). The molecular formula is C48H39O12-. The topological polar surface area (TPSA) is 179 Å². The van der Waals surface area contributed by atoms with Gasteiger partial charge in [-0.3, -0.25) is 14.4 Å². The fourth-order valence-electron chi connectivity index (χ4n) is 7.12. The summed E-state index contributed by atoms with van der Waals surface area (Å²) in [5.74, 6) is -1.08. The lowest BCUT2D eigenvalue weighted by molar-refractivity contribution is -0.268. The van der Waals surface area contributed by atoms with Crippen LogP contribution >= 0.6 is 0 Å². The van der Waals surface area contributed by atoms with Gasteiger partial charge in [0.15, 0.2) is 11.0 Å². The normalized spacial score (nSPS) is 12.3. The van der Waals surface area contributed by atoms with Crippen molar-refractivity contribution in [2.45, 2.75) is 47.1 Å². The molecule has 0 atom stereocenters. The van der Waals surface area contributed by atoms with Gasteiger partial charge in [-0.15, -0.1) is 5.75 Å². The molecule has 0 bridgehead atoms. The molecule has 1 N–H and O–H groups in total. The van der Waals surface area contributed by atoms with Gasteiger partial charge in [0.05, 0.1) is 11.1 Å². The molecule has 4 aliphatic rings. The SMILES string of the molecule is CC.CC.CC(=O)Oc1ccc2c(c1)Oc1cc(OC(C)=O)ccc1C21OC(=O)c2ccccc21.O=C(O)c1ccccc1-c1c2ccc(=O)cc-2oc2cc([O-])ccc12. The smallest absolute Gasteiger partial charge is 0.340 e. The molecule has 5 aromatic carbocycles. The van der Waals surface area contributed by atoms with Crippen LogP contribution in [0.3, 0.4) is 0 Å². The Morgan fingerprint density at radius 1 is 0.633 bits per heavy atom. The summed E-state index contributed by atoms with van der Waals surface area (Å²) in [4.78, 5) is 58.9. The van der Waals surface area contributed by atoms with E-state index in [1.54, 1.807) is 78.9 Å². The monoisotopic (exact) mass is 807 g/mol. The molecule has 3 aliphatic heterocycles. The van der Waals surface area contributed by atoms with Crippen molar-refractivity contribution in [2.24, 2.45) is 0 Å². The molecule has 0 fully saturated rings. The number of ether oxygens (including phenoxy) is 4. The number of hydrogen-bond donors (Lipinski definition) is 1. The Bertz CT molecular complexity index is 2750. The van der Waals surface area contributed by atoms with Crippen LogP contribution in [0.4, 0.5) is 0 Å². The Hall–Kier alpha value is -7.73. The number of carboxylic acids is 1. The average molecular weight is 808 g/mol. The van der Waals surface area contributed by atoms with Gasteiger partial charge in [-0.05, 0) is 60.2 Å². The predicted octanol–water partition coefficient (Wildman–Crippen LogP) is 9.49. The van der Waals surface area contributed by atoms with Crippen molar-refractivity contribution in [1.82, 2.24) is 0 Å². The van der Waals surface area contributed by atoms with E-state index in [1.165, 1.54) is 44.2 Å². The number of rotatable bonds is 4. The van der Waals surface area contributed by atoms with Crippen LogP contribution in [0, 0.1) is 0 Å². The van der Waals surface area contributed by atoms with Gasteiger partial charge in [0.25, 0.3) is 0 Å². The lowest BCUT2D eigenvalue weighted by Gasteiger charge is -2.36. The summed E-state index contributed by atoms with van der Waals surface area (Å²) in [6.45, 7) is 10.6. The van der Waals surface area contributed by atoms with Crippen LogP contribution in [0.15, 0.2) is 131 Å². The van der Waals surface area contributed by atoms with E-state index in [-0.39, 0.29) is 16.7 Å². The predicted molar refractivity (Wildman–Crippen MR) is 221 cm³/mol. The van der Waals surface area contributed by atoms with Gasteiger partial charge in [0.1, 0.15) is 34.3 Å². The molecule has 0 amide bonds. The highest BCUT2D eigenvalue weighted by molar-refractivity contribution is 6.07. The van der Waals surface area contributed by atoms with E-state index in [4.69, 9.17) is 23.4 Å². The lowest BCUT2D eigenvalue weighted by atomic mass is 9.77. The van der Waals surface area contributed by atoms with Crippen LogP contribution in [0.5, 0.6) is 28.7 Å². The third kappa shape index (κ3) is 7.78. The first-order chi connectivity index (χ1) is 28.9. The van der Waals surface area contributed by atoms with Gasteiger partial charge in [0, 0.05) is 65.3 Å². The third-order valence-corrected chi connectivity index (χ3v) is 9.27. The summed E-state index contributed by atoms with van der Waals surface area (Å²) in [7, 11) is 0. The van der Waals surface area contributed by atoms with Crippen molar-refractivity contribution in [3.8, 4) is 51.2 Å². The number of esters is 3. The van der Waals surface area contributed by atoms with E-state index in [9.17, 15) is 34.2 Å². The van der Waals surface area contributed by atoms with Crippen LogP contribution in [0.25, 0.3) is 33.4 Å². The largest absolute Gasteiger partial charge is 0.872 e. The average Bonchev–Trinajstić information content (AvgIpc) is 3.52. The first-order valence-electron chi connectivity index (χ1n) is 19.1. The molecule has 12 nitrogen and oxygen atoms in total. The van der Waals surface area contributed by atoms with Crippen LogP contribution in [0.2, 0.25) is 0 Å². The molecule has 3 heterocycles. The first-order valence-corrected chi connectivity index (χ1v) is 19.1. The van der Waals surface area contributed by atoms with Gasteiger partial charge in [0.2, 0.25) is 0 Å². The molecule has 0 unspecified atom stereocenters. The Labute approximate surface area is 344 Å². The van der Waals surface area contributed by atoms with E-state index in [0.717, 1.165) is 0 Å². The zero-order valence-corrected chi connectivity index (χ0v) is 33.5. The summed E-state index contributed by atoms with van der Waals surface area (Å²) in [5, 5.41) is 21.8. The number of carbonyl (C=O) groups excluding carboxylic acids is 3. The highest BCUT2D eigenvalue weighted by Crippen LogP contribution is 2.57. The zero-order valence-electron chi connectivity index (χ0n) is 33.5. The number of carbonyl (C=O) groups is 4. The zero-order chi connectivity index (χ0) is 43.3. The quantitative estimate of drug-likeness (QED) is 0.101. The summed E-state index contributed by atoms with van der Waals surface area (Å²) < 4.78 is 28.2. The highest BCUT2D eigenvalue weighted by Gasteiger charge is 2.53. The summed E-state index contributed by atoms with van der Waals surface area (Å²) in [6.07, 6.45) is 0. The van der Waals surface area contributed by atoms with Crippen LogP contribution < -0.4 is 24.7 Å². The minimum atomic E-state index is -1.25. The van der Waals surface area contributed by atoms with E-state index in [1.807, 2.05) is 39.8 Å². The van der Waals surface area contributed by atoms with Gasteiger partial charge in [-0.25, -0.2) is 9.59 Å². The fourth-order valence-corrected chi connectivity index (χ4v) is 7.12. The van der Waals surface area contributed by atoms with Gasteiger partial charge >= 0.3 is 23.9 Å². The minimum absolute atomic E-state index is 0.133.